The first-order chi connectivity index (χ1) is 16.2. The third-order valence-electron chi connectivity index (χ3n) is 5.04. The molecule has 2 aromatic carbocycles. The van der Waals surface area contributed by atoms with Gasteiger partial charge in [-0.3, -0.25) is 14.9 Å². The van der Waals surface area contributed by atoms with E-state index in [1.807, 2.05) is 19.9 Å². The lowest BCUT2D eigenvalue weighted by Gasteiger charge is -2.14. The fourth-order valence-corrected chi connectivity index (χ4v) is 3.48. The van der Waals surface area contributed by atoms with E-state index in [0.717, 1.165) is 10.9 Å². The summed E-state index contributed by atoms with van der Waals surface area (Å²) in [6.45, 7) is 5.30. The smallest absolute Gasteiger partial charge is 0.344 e. The van der Waals surface area contributed by atoms with Gasteiger partial charge in [-0.1, -0.05) is 29.8 Å². The predicted molar refractivity (Wildman–Crippen MR) is 131 cm³/mol. The molecule has 3 aromatic rings. The van der Waals surface area contributed by atoms with Gasteiger partial charge in [0.05, 0.1) is 28.6 Å². The number of carbonyl (C=O) groups is 1. The number of nitrogens with zero attached hydrogens (tertiary/aromatic N) is 4. The van der Waals surface area contributed by atoms with E-state index in [-0.39, 0.29) is 29.5 Å². The standard InChI is InChI=1S/C23H23BrN4O6/c1-4-14(3)22-26-18-8-7-16(24)11-17(18)23(30)27(22)25-12-15-6-9-20(19(10-15)28(31)32)34-13-21(29)33-5-2/h6-12,14H,4-5,13H2,1-3H3/t14-/m1/s1. The summed E-state index contributed by atoms with van der Waals surface area (Å²) in [6, 6.07) is 9.41. The molecule has 0 amide bonds. The maximum Gasteiger partial charge on any atom is 0.344 e. The number of carbonyl (C=O) groups excluding carboxylic acids is 1. The second-order valence-electron chi connectivity index (χ2n) is 7.38. The summed E-state index contributed by atoms with van der Waals surface area (Å²) in [5.74, 6) is -0.270. The molecular formula is C23H23BrN4O6. The van der Waals surface area contributed by atoms with Gasteiger partial charge < -0.3 is 9.47 Å². The first kappa shape index (κ1) is 25.0. The van der Waals surface area contributed by atoms with Gasteiger partial charge in [0.25, 0.3) is 5.56 Å². The van der Waals surface area contributed by atoms with Crippen molar-refractivity contribution in [1.29, 1.82) is 0 Å². The Kier molecular flexibility index (Phi) is 8.11. The van der Waals surface area contributed by atoms with Gasteiger partial charge in [-0.2, -0.15) is 9.78 Å². The van der Waals surface area contributed by atoms with Crippen LogP contribution in [0.5, 0.6) is 5.75 Å². The quantitative estimate of drug-likeness (QED) is 0.173. The van der Waals surface area contributed by atoms with Crippen molar-refractivity contribution in [1.82, 2.24) is 9.66 Å². The monoisotopic (exact) mass is 530 g/mol. The molecule has 3 rings (SSSR count). The second-order valence-corrected chi connectivity index (χ2v) is 8.30. The molecular weight excluding hydrogens is 508 g/mol. The molecule has 0 bridgehead atoms. The van der Waals surface area contributed by atoms with E-state index in [1.165, 1.54) is 29.1 Å². The molecule has 0 unspecified atom stereocenters. The normalized spacial score (nSPS) is 12.1. The molecule has 1 atom stereocenters. The van der Waals surface area contributed by atoms with Gasteiger partial charge in [0.15, 0.2) is 12.4 Å². The molecule has 0 saturated carbocycles. The zero-order chi connectivity index (χ0) is 24.8. The highest BCUT2D eigenvalue weighted by molar-refractivity contribution is 9.10. The number of rotatable bonds is 9. The average molecular weight is 531 g/mol. The maximum atomic E-state index is 13.2. The lowest BCUT2D eigenvalue weighted by molar-refractivity contribution is -0.385. The summed E-state index contributed by atoms with van der Waals surface area (Å²) in [4.78, 5) is 40.2. The van der Waals surface area contributed by atoms with E-state index < -0.39 is 17.5 Å². The zero-order valence-corrected chi connectivity index (χ0v) is 20.4. The van der Waals surface area contributed by atoms with Crippen molar-refractivity contribution in [3.63, 3.8) is 0 Å². The SMILES string of the molecule is CCOC(=O)COc1ccc(C=Nn2c([C@H](C)CC)nc3ccc(Br)cc3c2=O)cc1[N+](=O)[O-]. The molecule has 11 heteroatoms. The number of nitro benzene ring substituents is 1. The van der Waals surface area contributed by atoms with Crippen molar-refractivity contribution in [2.24, 2.45) is 5.10 Å². The minimum atomic E-state index is -0.630. The lowest BCUT2D eigenvalue weighted by Crippen LogP contribution is -2.23. The van der Waals surface area contributed by atoms with Crippen LogP contribution in [-0.2, 0) is 9.53 Å². The van der Waals surface area contributed by atoms with Crippen LogP contribution in [0, 0.1) is 10.1 Å². The first-order valence-corrected chi connectivity index (χ1v) is 11.4. The zero-order valence-electron chi connectivity index (χ0n) is 18.9. The Morgan fingerprint density at radius 1 is 1.29 bits per heavy atom. The van der Waals surface area contributed by atoms with Crippen LogP contribution in [0.1, 0.15) is 44.5 Å². The third-order valence-corrected chi connectivity index (χ3v) is 5.53. The fourth-order valence-electron chi connectivity index (χ4n) is 3.12. The number of hydrogen-bond donors (Lipinski definition) is 0. The highest BCUT2D eigenvalue weighted by Gasteiger charge is 2.18. The van der Waals surface area contributed by atoms with Gasteiger partial charge in [-0.25, -0.2) is 9.78 Å². The number of esters is 1. The molecule has 1 heterocycles. The van der Waals surface area contributed by atoms with Gasteiger partial charge in [0, 0.05) is 22.0 Å². The molecule has 178 valence electrons. The van der Waals surface area contributed by atoms with Crippen LogP contribution in [0.25, 0.3) is 10.9 Å². The number of nitro groups is 1. The van der Waals surface area contributed by atoms with Gasteiger partial charge in [-0.05, 0) is 43.7 Å². The number of hydrogen-bond acceptors (Lipinski definition) is 8. The number of aromatic nitrogens is 2. The van der Waals surface area contributed by atoms with Crippen LogP contribution >= 0.6 is 15.9 Å². The van der Waals surface area contributed by atoms with Crippen molar-refractivity contribution in [2.45, 2.75) is 33.1 Å². The van der Waals surface area contributed by atoms with E-state index in [0.29, 0.717) is 22.3 Å². The Balaban J connectivity index is 2.01. The van der Waals surface area contributed by atoms with Gasteiger partial charge in [-0.15, -0.1) is 0 Å². The molecule has 0 aliphatic carbocycles. The molecule has 0 saturated heterocycles. The average Bonchev–Trinajstić information content (AvgIpc) is 2.82. The van der Waals surface area contributed by atoms with E-state index >= 15 is 0 Å². The number of fused-ring (bicyclic) bond motifs is 1. The van der Waals surface area contributed by atoms with Crippen LogP contribution in [0.15, 0.2) is 50.8 Å². The van der Waals surface area contributed by atoms with Crippen LogP contribution in [0.3, 0.4) is 0 Å². The summed E-state index contributed by atoms with van der Waals surface area (Å²) in [7, 11) is 0. The number of halogens is 1. The van der Waals surface area contributed by atoms with Crippen molar-refractivity contribution >= 4 is 44.7 Å². The molecule has 34 heavy (non-hydrogen) atoms. The molecule has 0 spiro atoms. The Bertz CT molecular complexity index is 1320. The van der Waals surface area contributed by atoms with E-state index in [4.69, 9.17) is 9.47 Å². The van der Waals surface area contributed by atoms with Gasteiger partial charge in [0.2, 0.25) is 0 Å². The van der Waals surface area contributed by atoms with Gasteiger partial charge in [0.1, 0.15) is 5.82 Å². The number of benzene rings is 2. The Morgan fingerprint density at radius 2 is 2.06 bits per heavy atom. The summed E-state index contributed by atoms with van der Waals surface area (Å²) >= 11 is 3.37. The summed E-state index contributed by atoms with van der Waals surface area (Å²) in [5.41, 5.74) is 0.241. The van der Waals surface area contributed by atoms with Crippen molar-refractivity contribution < 1.29 is 19.2 Å². The topological polar surface area (TPSA) is 126 Å². The number of ether oxygens (including phenoxy) is 2. The van der Waals surface area contributed by atoms with E-state index in [2.05, 4.69) is 26.0 Å². The molecule has 0 aliphatic rings. The Morgan fingerprint density at radius 3 is 2.74 bits per heavy atom. The summed E-state index contributed by atoms with van der Waals surface area (Å²) < 4.78 is 12.0. The molecule has 1 aromatic heterocycles. The fraction of sp³-hybridized carbons (Fsp3) is 0.304. The predicted octanol–water partition coefficient (Wildman–Crippen LogP) is 4.40. The molecule has 0 aliphatic heterocycles. The molecule has 0 radical (unpaired) electrons. The molecule has 0 N–H and O–H groups in total. The summed E-state index contributed by atoms with van der Waals surface area (Å²) in [6.07, 6.45) is 2.09. The highest BCUT2D eigenvalue weighted by Crippen LogP contribution is 2.28. The maximum absolute atomic E-state index is 13.2. The highest BCUT2D eigenvalue weighted by atomic mass is 79.9. The van der Waals surface area contributed by atoms with Crippen LogP contribution < -0.4 is 10.3 Å². The van der Waals surface area contributed by atoms with Crippen molar-refractivity contribution in [3.8, 4) is 5.75 Å². The first-order valence-electron chi connectivity index (χ1n) is 10.6. The Hall–Kier alpha value is -3.60. The van der Waals surface area contributed by atoms with E-state index in [1.54, 1.807) is 19.1 Å². The second kappa shape index (κ2) is 11.0. The summed E-state index contributed by atoms with van der Waals surface area (Å²) in [5, 5.41) is 16.2. The lowest BCUT2D eigenvalue weighted by atomic mass is 10.1. The Labute approximate surface area is 203 Å². The van der Waals surface area contributed by atoms with Crippen LogP contribution in [0.2, 0.25) is 0 Å². The minimum absolute atomic E-state index is 0.0501. The van der Waals surface area contributed by atoms with Gasteiger partial charge >= 0.3 is 11.7 Å². The minimum Gasteiger partial charge on any atom is -0.475 e. The molecule has 0 fully saturated rings. The third kappa shape index (κ3) is 5.66. The van der Waals surface area contributed by atoms with Crippen LogP contribution in [-0.4, -0.2) is 40.0 Å². The largest absolute Gasteiger partial charge is 0.475 e. The van der Waals surface area contributed by atoms with Crippen LogP contribution in [0.4, 0.5) is 5.69 Å². The molecule has 10 nitrogen and oxygen atoms in total. The van der Waals surface area contributed by atoms with E-state index in [9.17, 15) is 19.7 Å². The van der Waals surface area contributed by atoms with Crippen molar-refractivity contribution in [3.05, 3.63) is 72.7 Å². The van der Waals surface area contributed by atoms with Crippen molar-refractivity contribution in [2.75, 3.05) is 13.2 Å².